The van der Waals surface area contributed by atoms with Crippen molar-refractivity contribution in [1.29, 1.82) is 0 Å². The number of piperidine rings is 1. The van der Waals surface area contributed by atoms with Gasteiger partial charge in [0.2, 0.25) is 5.95 Å². The summed E-state index contributed by atoms with van der Waals surface area (Å²) in [6.07, 6.45) is 2.44. The van der Waals surface area contributed by atoms with Crippen molar-refractivity contribution < 1.29 is 13.2 Å². The lowest BCUT2D eigenvalue weighted by molar-refractivity contribution is -0.137. The van der Waals surface area contributed by atoms with E-state index in [9.17, 15) is 13.2 Å². The van der Waals surface area contributed by atoms with Crippen LogP contribution in [0.1, 0.15) is 60.7 Å². The first-order chi connectivity index (χ1) is 17.3. The molecule has 1 saturated heterocycles. The van der Waals surface area contributed by atoms with Gasteiger partial charge in [-0.25, -0.2) is 14.6 Å². The minimum atomic E-state index is -4.33. The largest absolute Gasteiger partial charge is 0.416 e. The molecule has 3 atom stereocenters. The smallest absolute Gasteiger partial charge is 0.356 e. The number of nitrogens with one attached hydrogen (secondary N) is 1. The second kappa shape index (κ2) is 9.05. The van der Waals surface area contributed by atoms with E-state index in [2.05, 4.69) is 20.2 Å². The highest BCUT2D eigenvalue weighted by Crippen LogP contribution is 2.40. The maximum absolute atomic E-state index is 13.1. The summed E-state index contributed by atoms with van der Waals surface area (Å²) in [4.78, 5) is 16.0. The highest BCUT2D eigenvalue weighted by Gasteiger charge is 2.43. The number of nitrogens with zero attached hydrogens (tertiary/aromatic N) is 6. The molecular weight excluding hydrogens is 467 g/mol. The molecule has 3 unspecified atom stereocenters. The normalized spacial score (nSPS) is 25.9. The molecule has 10 heteroatoms. The van der Waals surface area contributed by atoms with Gasteiger partial charge < -0.3 is 10.2 Å². The van der Waals surface area contributed by atoms with Gasteiger partial charge in [0.15, 0.2) is 0 Å². The van der Waals surface area contributed by atoms with Crippen LogP contribution in [0.3, 0.4) is 0 Å². The fourth-order valence-corrected chi connectivity index (χ4v) is 6.20. The summed E-state index contributed by atoms with van der Waals surface area (Å²) < 4.78 is 41.1. The fourth-order valence-electron chi connectivity index (χ4n) is 6.20. The van der Waals surface area contributed by atoms with Crippen LogP contribution in [0.15, 0.2) is 36.7 Å². The van der Waals surface area contributed by atoms with Gasteiger partial charge >= 0.3 is 6.18 Å². The van der Waals surface area contributed by atoms with Crippen LogP contribution in [0.4, 0.5) is 24.9 Å². The molecule has 2 aromatic heterocycles. The van der Waals surface area contributed by atoms with Gasteiger partial charge in [0.05, 0.1) is 5.56 Å². The summed E-state index contributed by atoms with van der Waals surface area (Å²) >= 11 is 0. The van der Waals surface area contributed by atoms with E-state index < -0.39 is 11.7 Å². The SMILES string of the molecule is Cc1cc(N2CC3CCC(C2)C3Nc2nc3n(n2)CCCCC3c2ccc(C(F)(F)F)cc2)ncn1. The summed E-state index contributed by atoms with van der Waals surface area (Å²) in [5, 5.41) is 8.46. The zero-order valence-corrected chi connectivity index (χ0v) is 20.2. The minimum Gasteiger partial charge on any atom is -0.356 e. The number of aryl methyl sites for hydroxylation is 2. The van der Waals surface area contributed by atoms with Gasteiger partial charge in [0, 0.05) is 43.4 Å². The van der Waals surface area contributed by atoms with Gasteiger partial charge in [-0.2, -0.15) is 18.2 Å². The molecule has 1 saturated carbocycles. The molecule has 0 spiro atoms. The average molecular weight is 498 g/mol. The zero-order valence-electron chi connectivity index (χ0n) is 20.2. The molecule has 3 aromatic rings. The number of hydrogen-bond acceptors (Lipinski definition) is 6. The van der Waals surface area contributed by atoms with E-state index in [0.717, 1.165) is 74.6 Å². The number of alkyl halides is 3. The summed E-state index contributed by atoms with van der Waals surface area (Å²) in [6.45, 7) is 4.64. The Morgan fingerprint density at radius 2 is 1.72 bits per heavy atom. The van der Waals surface area contributed by atoms with Crippen LogP contribution in [0.2, 0.25) is 0 Å². The molecule has 2 fully saturated rings. The number of hydrogen-bond donors (Lipinski definition) is 1. The standard InChI is InChI=1S/C26H30F3N7/c1-16-12-22(31-15-30-16)35-13-18-5-6-19(14-35)23(18)32-25-33-24-21(4-2-3-11-36(24)34-25)17-7-9-20(10-8-17)26(27,28)29/h7-10,12,15,18-19,21,23H,2-6,11,13-14H2,1H3,(H,32,34). The van der Waals surface area contributed by atoms with Crippen LogP contribution in [0, 0.1) is 18.8 Å². The number of benzene rings is 1. The molecule has 2 bridgehead atoms. The molecular formula is C26H30F3N7. The average Bonchev–Trinajstić information content (AvgIpc) is 3.25. The van der Waals surface area contributed by atoms with Crippen molar-refractivity contribution in [2.75, 3.05) is 23.3 Å². The summed E-state index contributed by atoms with van der Waals surface area (Å²) in [5.41, 5.74) is 1.21. The van der Waals surface area contributed by atoms with Crippen molar-refractivity contribution in [3.05, 3.63) is 59.3 Å². The van der Waals surface area contributed by atoms with Crippen LogP contribution >= 0.6 is 0 Å². The lowest BCUT2D eigenvalue weighted by atomic mass is 9.92. The van der Waals surface area contributed by atoms with Crippen molar-refractivity contribution >= 4 is 11.8 Å². The summed E-state index contributed by atoms with van der Waals surface area (Å²) in [6, 6.07) is 7.88. The van der Waals surface area contributed by atoms with Crippen molar-refractivity contribution in [3.63, 3.8) is 0 Å². The molecule has 1 aromatic carbocycles. The lowest BCUT2D eigenvalue weighted by Gasteiger charge is -2.38. The quantitative estimate of drug-likeness (QED) is 0.545. The Kier molecular flexibility index (Phi) is 5.84. The van der Waals surface area contributed by atoms with E-state index in [1.165, 1.54) is 12.1 Å². The first-order valence-electron chi connectivity index (χ1n) is 12.8. The monoisotopic (exact) mass is 497 g/mol. The topological polar surface area (TPSA) is 71.8 Å². The Hall–Kier alpha value is -3.17. The Labute approximate surface area is 208 Å². The Morgan fingerprint density at radius 1 is 0.972 bits per heavy atom. The van der Waals surface area contributed by atoms with Crippen LogP contribution in [0.25, 0.3) is 0 Å². The Balaban J connectivity index is 1.20. The molecule has 1 aliphatic carbocycles. The van der Waals surface area contributed by atoms with Crippen molar-refractivity contribution in [1.82, 2.24) is 24.7 Å². The Morgan fingerprint density at radius 3 is 2.42 bits per heavy atom. The molecule has 6 rings (SSSR count). The molecule has 1 N–H and O–H groups in total. The predicted molar refractivity (Wildman–Crippen MR) is 130 cm³/mol. The number of aromatic nitrogens is 5. The summed E-state index contributed by atoms with van der Waals surface area (Å²) in [7, 11) is 0. The molecule has 190 valence electrons. The number of rotatable bonds is 4. The highest BCUT2D eigenvalue weighted by atomic mass is 19.4. The van der Waals surface area contributed by atoms with E-state index in [0.29, 0.717) is 23.8 Å². The van der Waals surface area contributed by atoms with E-state index in [4.69, 9.17) is 10.1 Å². The molecule has 3 aliphatic rings. The third-order valence-electron chi connectivity index (χ3n) is 8.01. The first-order valence-corrected chi connectivity index (χ1v) is 12.8. The second-order valence-electron chi connectivity index (χ2n) is 10.4. The van der Waals surface area contributed by atoms with Crippen LogP contribution in [-0.4, -0.2) is 43.9 Å². The Bertz CT molecular complexity index is 1210. The van der Waals surface area contributed by atoms with Gasteiger partial charge in [0.25, 0.3) is 0 Å². The van der Waals surface area contributed by atoms with Crippen LogP contribution < -0.4 is 10.2 Å². The second-order valence-corrected chi connectivity index (χ2v) is 10.4. The number of anilines is 2. The van der Waals surface area contributed by atoms with E-state index in [1.807, 2.05) is 17.7 Å². The van der Waals surface area contributed by atoms with Gasteiger partial charge in [0.1, 0.15) is 18.0 Å². The maximum Gasteiger partial charge on any atom is 0.416 e. The minimum absolute atomic E-state index is 0.0580. The van der Waals surface area contributed by atoms with E-state index in [-0.39, 0.29) is 5.92 Å². The molecule has 4 heterocycles. The van der Waals surface area contributed by atoms with Crippen LogP contribution in [-0.2, 0) is 12.7 Å². The molecule has 0 amide bonds. The third-order valence-corrected chi connectivity index (χ3v) is 8.01. The van der Waals surface area contributed by atoms with Crippen molar-refractivity contribution in [2.24, 2.45) is 11.8 Å². The maximum atomic E-state index is 13.1. The number of halogens is 3. The van der Waals surface area contributed by atoms with Crippen LogP contribution in [0.5, 0.6) is 0 Å². The van der Waals surface area contributed by atoms with Gasteiger partial charge in [-0.1, -0.05) is 18.6 Å². The van der Waals surface area contributed by atoms with Gasteiger partial charge in [-0.3, -0.25) is 0 Å². The van der Waals surface area contributed by atoms with E-state index >= 15 is 0 Å². The molecule has 36 heavy (non-hydrogen) atoms. The molecule has 7 nitrogen and oxygen atoms in total. The zero-order chi connectivity index (χ0) is 24.9. The van der Waals surface area contributed by atoms with Crippen molar-refractivity contribution in [3.8, 4) is 0 Å². The molecule has 2 aliphatic heterocycles. The fraction of sp³-hybridized carbons (Fsp3) is 0.538. The van der Waals surface area contributed by atoms with Gasteiger partial charge in [-0.15, -0.1) is 5.10 Å². The van der Waals surface area contributed by atoms with Gasteiger partial charge in [-0.05, 0) is 62.1 Å². The number of fused-ring (bicyclic) bond motifs is 3. The lowest BCUT2D eigenvalue weighted by Crippen LogP contribution is -2.48. The summed E-state index contributed by atoms with van der Waals surface area (Å²) in [5.74, 6) is 3.37. The van der Waals surface area contributed by atoms with Crippen molar-refractivity contribution in [2.45, 2.75) is 63.7 Å². The van der Waals surface area contributed by atoms with E-state index in [1.54, 1.807) is 18.5 Å². The molecule has 0 radical (unpaired) electrons. The third kappa shape index (κ3) is 4.41. The first kappa shape index (κ1) is 23.2. The predicted octanol–water partition coefficient (Wildman–Crippen LogP) is 5.04. The highest BCUT2D eigenvalue weighted by molar-refractivity contribution is 5.42.